The van der Waals surface area contributed by atoms with Crippen LogP contribution in [0.15, 0.2) is 29.1 Å². The minimum atomic E-state index is -0.510. The van der Waals surface area contributed by atoms with Crippen molar-refractivity contribution >= 4 is 22.7 Å². The van der Waals surface area contributed by atoms with Gasteiger partial charge in [-0.15, -0.1) is 5.10 Å². The third-order valence-corrected chi connectivity index (χ3v) is 4.18. The number of carbonyl (C=O) groups excluding carboxylic acids is 2. The van der Waals surface area contributed by atoms with E-state index in [2.05, 4.69) is 15.6 Å². The first-order chi connectivity index (χ1) is 11.6. The first-order valence-electron chi connectivity index (χ1n) is 8.01. The van der Waals surface area contributed by atoms with Gasteiger partial charge in [0.15, 0.2) is 0 Å². The lowest BCUT2D eigenvalue weighted by Crippen LogP contribution is -2.48. The van der Waals surface area contributed by atoms with Crippen molar-refractivity contribution in [2.45, 2.75) is 32.4 Å². The Morgan fingerprint density at radius 1 is 1.33 bits per heavy atom. The molecule has 2 heterocycles. The molecule has 2 aromatic rings. The summed E-state index contributed by atoms with van der Waals surface area (Å²) in [6.45, 7) is 2.67. The smallest absolute Gasteiger partial charge is 0.278 e. The zero-order valence-corrected chi connectivity index (χ0v) is 13.4. The Hall–Kier alpha value is -2.77. The number of fused-ring (bicyclic) bond motifs is 1. The fourth-order valence-electron chi connectivity index (χ4n) is 2.93. The number of rotatable bonds is 3. The number of amides is 2. The average Bonchev–Trinajstić information content (AvgIpc) is 2.78. The van der Waals surface area contributed by atoms with Gasteiger partial charge >= 0.3 is 0 Å². The van der Waals surface area contributed by atoms with Crippen molar-refractivity contribution in [1.82, 2.24) is 25.2 Å². The van der Waals surface area contributed by atoms with Crippen LogP contribution in [-0.2, 0) is 16.1 Å². The third kappa shape index (κ3) is 2.99. The lowest BCUT2D eigenvalue weighted by molar-refractivity contribution is -0.140. The van der Waals surface area contributed by atoms with Gasteiger partial charge in [0.05, 0.1) is 5.39 Å². The molecule has 8 nitrogen and oxygen atoms in total. The molecule has 24 heavy (non-hydrogen) atoms. The van der Waals surface area contributed by atoms with Gasteiger partial charge in [-0.25, -0.2) is 4.68 Å². The summed E-state index contributed by atoms with van der Waals surface area (Å²) in [6.07, 6.45) is 1.21. The summed E-state index contributed by atoms with van der Waals surface area (Å²) in [7, 11) is 0. The number of hydrogen-bond acceptors (Lipinski definition) is 5. The Balaban J connectivity index is 1.87. The highest BCUT2D eigenvalue weighted by molar-refractivity contribution is 5.88. The standard InChI is InChI=1S/C16H19N5O3/c1-2-13-15(23)17-8-5-9-20(13)14(22)10-21-16(24)11-6-3-4-7-12(11)18-19-21/h3-4,6-7,13H,2,5,8-10H2,1H3,(H,17,23)/t13-/m1/s1. The van der Waals surface area contributed by atoms with Crippen molar-refractivity contribution in [2.24, 2.45) is 0 Å². The molecule has 1 saturated heterocycles. The Bertz CT molecular complexity index is 832. The topological polar surface area (TPSA) is 97.2 Å². The number of nitrogens with one attached hydrogen (secondary N) is 1. The molecule has 0 aliphatic carbocycles. The largest absolute Gasteiger partial charge is 0.354 e. The van der Waals surface area contributed by atoms with E-state index >= 15 is 0 Å². The van der Waals surface area contributed by atoms with Crippen LogP contribution in [0.1, 0.15) is 19.8 Å². The van der Waals surface area contributed by atoms with Crippen LogP contribution >= 0.6 is 0 Å². The van der Waals surface area contributed by atoms with Gasteiger partial charge in [-0.1, -0.05) is 24.3 Å². The van der Waals surface area contributed by atoms with Crippen molar-refractivity contribution in [1.29, 1.82) is 0 Å². The van der Waals surface area contributed by atoms with E-state index in [-0.39, 0.29) is 23.9 Å². The van der Waals surface area contributed by atoms with Crippen LogP contribution in [-0.4, -0.2) is 50.8 Å². The van der Waals surface area contributed by atoms with E-state index in [1.807, 2.05) is 6.92 Å². The van der Waals surface area contributed by atoms with E-state index in [1.165, 1.54) is 4.90 Å². The summed E-state index contributed by atoms with van der Waals surface area (Å²) in [5, 5.41) is 11.0. The number of nitrogens with zero attached hydrogens (tertiary/aromatic N) is 4. The quantitative estimate of drug-likeness (QED) is 0.849. The van der Waals surface area contributed by atoms with E-state index in [4.69, 9.17) is 0 Å². The first-order valence-corrected chi connectivity index (χ1v) is 8.01. The minimum absolute atomic E-state index is 0.153. The normalized spacial score (nSPS) is 18.3. The first kappa shape index (κ1) is 16.1. The van der Waals surface area contributed by atoms with Gasteiger partial charge in [-0.05, 0) is 25.0 Å². The molecule has 1 atom stereocenters. The molecule has 126 valence electrons. The van der Waals surface area contributed by atoms with Crippen molar-refractivity contribution in [2.75, 3.05) is 13.1 Å². The molecule has 0 radical (unpaired) electrons. The second-order valence-corrected chi connectivity index (χ2v) is 5.73. The molecule has 0 saturated carbocycles. The Morgan fingerprint density at radius 3 is 2.92 bits per heavy atom. The fourth-order valence-corrected chi connectivity index (χ4v) is 2.93. The fraction of sp³-hybridized carbons (Fsp3) is 0.438. The second kappa shape index (κ2) is 6.77. The lowest BCUT2D eigenvalue weighted by Gasteiger charge is -2.27. The summed E-state index contributed by atoms with van der Waals surface area (Å²) in [5.74, 6) is -0.453. The maximum absolute atomic E-state index is 12.6. The molecule has 8 heteroatoms. The lowest BCUT2D eigenvalue weighted by atomic mass is 10.1. The highest BCUT2D eigenvalue weighted by Gasteiger charge is 2.30. The zero-order valence-electron chi connectivity index (χ0n) is 13.4. The maximum Gasteiger partial charge on any atom is 0.278 e. The van der Waals surface area contributed by atoms with Gasteiger partial charge in [-0.3, -0.25) is 14.4 Å². The highest BCUT2D eigenvalue weighted by Crippen LogP contribution is 2.10. The van der Waals surface area contributed by atoms with Gasteiger partial charge in [0.1, 0.15) is 18.1 Å². The molecule has 1 aromatic heterocycles. The number of benzene rings is 1. The maximum atomic E-state index is 12.6. The Morgan fingerprint density at radius 2 is 2.12 bits per heavy atom. The molecule has 1 aliphatic heterocycles. The van der Waals surface area contributed by atoms with Crippen LogP contribution in [0.3, 0.4) is 0 Å². The van der Waals surface area contributed by atoms with Crippen molar-refractivity contribution in [3.8, 4) is 0 Å². The van der Waals surface area contributed by atoms with Gasteiger partial charge in [0.2, 0.25) is 11.8 Å². The molecule has 1 N–H and O–H groups in total. The summed E-state index contributed by atoms with van der Waals surface area (Å²) in [5.41, 5.74) is 0.132. The van der Waals surface area contributed by atoms with E-state index < -0.39 is 6.04 Å². The molecular weight excluding hydrogens is 310 g/mol. The van der Waals surface area contributed by atoms with E-state index in [0.717, 1.165) is 4.68 Å². The van der Waals surface area contributed by atoms with Gasteiger partial charge < -0.3 is 10.2 Å². The van der Waals surface area contributed by atoms with Crippen LogP contribution in [0, 0.1) is 0 Å². The molecule has 1 aliphatic rings. The molecule has 0 spiro atoms. The minimum Gasteiger partial charge on any atom is -0.354 e. The predicted molar refractivity (Wildman–Crippen MR) is 87.2 cm³/mol. The number of aromatic nitrogens is 3. The summed E-state index contributed by atoms with van der Waals surface area (Å²) < 4.78 is 1.06. The predicted octanol–water partition coefficient (Wildman–Crippen LogP) is -0.0814. The molecule has 3 rings (SSSR count). The zero-order chi connectivity index (χ0) is 17.1. The van der Waals surface area contributed by atoms with E-state index in [0.29, 0.717) is 36.8 Å². The molecule has 1 fully saturated rings. The molecular formula is C16H19N5O3. The van der Waals surface area contributed by atoms with Crippen LogP contribution in [0.5, 0.6) is 0 Å². The van der Waals surface area contributed by atoms with E-state index in [1.54, 1.807) is 24.3 Å². The van der Waals surface area contributed by atoms with Gasteiger partial charge in [-0.2, -0.15) is 0 Å². The van der Waals surface area contributed by atoms with Crippen LogP contribution in [0.4, 0.5) is 0 Å². The van der Waals surface area contributed by atoms with Crippen molar-refractivity contribution < 1.29 is 9.59 Å². The molecule has 2 amide bonds. The Kier molecular flexibility index (Phi) is 4.54. The third-order valence-electron chi connectivity index (χ3n) is 4.18. The van der Waals surface area contributed by atoms with E-state index in [9.17, 15) is 14.4 Å². The summed E-state index contributed by atoms with van der Waals surface area (Å²) >= 11 is 0. The SMILES string of the molecule is CC[C@@H]1C(=O)NCCCN1C(=O)Cn1nnc2ccccc2c1=O. The molecule has 0 unspecified atom stereocenters. The number of hydrogen-bond donors (Lipinski definition) is 1. The van der Waals surface area contributed by atoms with Crippen LogP contribution in [0.2, 0.25) is 0 Å². The van der Waals surface area contributed by atoms with Gasteiger partial charge in [0, 0.05) is 13.1 Å². The monoisotopic (exact) mass is 329 g/mol. The Labute approximate surface area is 138 Å². The van der Waals surface area contributed by atoms with Crippen LogP contribution in [0.25, 0.3) is 10.9 Å². The summed E-state index contributed by atoms with van der Waals surface area (Å²) in [6, 6.07) is 6.35. The molecule has 1 aromatic carbocycles. The highest BCUT2D eigenvalue weighted by atomic mass is 16.2. The number of carbonyl (C=O) groups is 2. The van der Waals surface area contributed by atoms with Crippen molar-refractivity contribution in [3.63, 3.8) is 0 Å². The van der Waals surface area contributed by atoms with Crippen LogP contribution < -0.4 is 10.9 Å². The van der Waals surface area contributed by atoms with Crippen molar-refractivity contribution in [3.05, 3.63) is 34.6 Å². The second-order valence-electron chi connectivity index (χ2n) is 5.73. The van der Waals surface area contributed by atoms with Gasteiger partial charge in [0.25, 0.3) is 5.56 Å². The molecule has 0 bridgehead atoms. The average molecular weight is 329 g/mol. The summed E-state index contributed by atoms with van der Waals surface area (Å²) in [4.78, 5) is 38.7.